The minimum absolute atomic E-state index is 0.0742. The fourth-order valence-electron chi connectivity index (χ4n) is 1.94. The molecule has 1 fully saturated rings. The van der Waals surface area contributed by atoms with Crippen LogP contribution in [0.25, 0.3) is 0 Å². The summed E-state index contributed by atoms with van der Waals surface area (Å²) in [6.45, 7) is 2.93. The second-order valence-corrected chi connectivity index (χ2v) is 4.06. The molecule has 88 valence electrons. The van der Waals surface area contributed by atoms with Gasteiger partial charge in [-0.25, -0.2) is 0 Å². The smallest absolute Gasteiger partial charge is 0.270 e. The standard InChI is InChI=1S/C11H17N3O2/c1-12-4-2-3-10(12)11(16)14-7-5-13(9-15)6-8-14/h2-4,15H,5-9H2,1H3. The van der Waals surface area contributed by atoms with E-state index >= 15 is 0 Å². The van der Waals surface area contributed by atoms with Crippen LogP contribution >= 0.6 is 0 Å². The van der Waals surface area contributed by atoms with Crippen LogP contribution in [0.3, 0.4) is 0 Å². The number of amides is 1. The number of aromatic nitrogens is 1. The van der Waals surface area contributed by atoms with Crippen molar-refractivity contribution in [1.82, 2.24) is 14.4 Å². The van der Waals surface area contributed by atoms with Crippen molar-refractivity contribution < 1.29 is 9.90 Å². The molecule has 0 saturated carbocycles. The van der Waals surface area contributed by atoms with E-state index < -0.39 is 0 Å². The molecule has 0 atom stereocenters. The highest BCUT2D eigenvalue weighted by Gasteiger charge is 2.22. The summed E-state index contributed by atoms with van der Waals surface area (Å²) in [5.41, 5.74) is 0.720. The highest BCUT2D eigenvalue weighted by Crippen LogP contribution is 2.08. The van der Waals surface area contributed by atoms with E-state index in [0.717, 1.165) is 18.8 Å². The quantitative estimate of drug-likeness (QED) is 0.751. The fourth-order valence-corrected chi connectivity index (χ4v) is 1.94. The number of hydrogen-bond acceptors (Lipinski definition) is 3. The lowest BCUT2D eigenvalue weighted by molar-refractivity contribution is 0.0417. The first-order valence-corrected chi connectivity index (χ1v) is 5.46. The van der Waals surface area contributed by atoms with Crippen LogP contribution in [0.15, 0.2) is 18.3 Å². The van der Waals surface area contributed by atoms with E-state index in [1.165, 1.54) is 0 Å². The number of piperazine rings is 1. The van der Waals surface area contributed by atoms with Gasteiger partial charge in [0.2, 0.25) is 0 Å². The van der Waals surface area contributed by atoms with Crippen molar-refractivity contribution >= 4 is 5.91 Å². The van der Waals surface area contributed by atoms with Crippen molar-refractivity contribution in [3.05, 3.63) is 24.0 Å². The van der Waals surface area contributed by atoms with Crippen LogP contribution in [0.1, 0.15) is 10.5 Å². The molecule has 16 heavy (non-hydrogen) atoms. The van der Waals surface area contributed by atoms with Gasteiger partial charge in [-0.15, -0.1) is 0 Å². The summed E-state index contributed by atoms with van der Waals surface area (Å²) in [5.74, 6) is 0.0742. The molecule has 0 spiro atoms. The van der Waals surface area contributed by atoms with Gasteiger partial charge in [0.05, 0.1) is 6.73 Å². The van der Waals surface area contributed by atoms with Crippen molar-refractivity contribution in [2.75, 3.05) is 32.9 Å². The van der Waals surface area contributed by atoms with Gasteiger partial charge in [-0.2, -0.15) is 0 Å². The molecule has 2 rings (SSSR count). The molecule has 0 aliphatic carbocycles. The number of rotatable bonds is 2. The summed E-state index contributed by atoms with van der Waals surface area (Å²) in [5, 5.41) is 8.96. The average molecular weight is 223 g/mol. The van der Waals surface area contributed by atoms with Gasteiger partial charge in [0.25, 0.3) is 5.91 Å². The van der Waals surface area contributed by atoms with E-state index in [1.54, 1.807) is 0 Å². The van der Waals surface area contributed by atoms with Gasteiger partial charge < -0.3 is 14.6 Å². The topological polar surface area (TPSA) is 48.7 Å². The minimum Gasteiger partial charge on any atom is -0.381 e. The Bertz CT molecular complexity index is 367. The van der Waals surface area contributed by atoms with E-state index in [4.69, 9.17) is 5.11 Å². The maximum absolute atomic E-state index is 12.1. The number of carbonyl (C=O) groups excluding carboxylic acids is 1. The van der Waals surface area contributed by atoms with Gasteiger partial charge in [-0.05, 0) is 12.1 Å². The highest BCUT2D eigenvalue weighted by molar-refractivity contribution is 5.92. The predicted octanol–water partition coefficient (Wildman–Crippen LogP) is -0.267. The summed E-state index contributed by atoms with van der Waals surface area (Å²) in [7, 11) is 1.87. The normalized spacial score (nSPS) is 17.8. The van der Waals surface area contributed by atoms with Crippen LogP contribution < -0.4 is 0 Å². The number of carbonyl (C=O) groups is 1. The lowest BCUT2D eigenvalue weighted by Gasteiger charge is -2.33. The maximum atomic E-state index is 12.1. The predicted molar refractivity (Wildman–Crippen MR) is 60.0 cm³/mol. The number of nitrogens with zero attached hydrogens (tertiary/aromatic N) is 3. The zero-order chi connectivity index (χ0) is 11.5. The molecule has 1 N–H and O–H groups in total. The molecule has 1 aliphatic heterocycles. The van der Waals surface area contributed by atoms with E-state index in [2.05, 4.69) is 0 Å². The van der Waals surface area contributed by atoms with E-state index in [-0.39, 0.29) is 12.6 Å². The monoisotopic (exact) mass is 223 g/mol. The first kappa shape index (κ1) is 11.2. The van der Waals surface area contributed by atoms with Crippen molar-refractivity contribution in [2.45, 2.75) is 0 Å². The van der Waals surface area contributed by atoms with Gasteiger partial charge in [-0.1, -0.05) is 0 Å². The zero-order valence-electron chi connectivity index (χ0n) is 9.46. The summed E-state index contributed by atoms with van der Waals surface area (Å²) < 4.78 is 1.83. The Kier molecular flexibility index (Phi) is 3.26. The van der Waals surface area contributed by atoms with Crippen molar-refractivity contribution in [2.24, 2.45) is 7.05 Å². The van der Waals surface area contributed by atoms with Gasteiger partial charge in [-0.3, -0.25) is 9.69 Å². The number of aliphatic hydroxyl groups is 1. The van der Waals surface area contributed by atoms with Crippen molar-refractivity contribution in [1.29, 1.82) is 0 Å². The minimum atomic E-state index is 0.0742. The third-order valence-corrected chi connectivity index (χ3v) is 3.02. The average Bonchev–Trinajstić information content (AvgIpc) is 2.75. The molecule has 0 bridgehead atoms. The Balaban J connectivity index is 2.00. The molecule has 0 aromatic carbocycles. The molecule has 1 aromatic rings. The first-order valence-electron chi connectivity index (χ1n) is 5.46. The molecular formula is C11H17N3O2. The van der Waals surface area contributed by atoms with Gasteiger partial charge >= 0.3 is 0 Å². The van der Waals surface area contributed by atoms with Crippen molar-refractivity contribution in [3.63, 3.8) is 0 Å². The van der Waals surface area contributed by atoms with Crippen LogP contribution in [0.2, 0.25) is 0 Å². The van der Waals surface area contributed by atoms with E-state index in [1.807, 2.05) is 39.7 Å². The van der Waals surface area contributed by atoms with Gasteiger partial charge in [0, 0.05) is 39.4 Å². The Morgan fingerprint density at radius 3 is 2.56 bits per heavy atom. The molecule has 2 heterocycles. The molecule has 1 amide bonds. The van der Waals surface area contributed by atoms with Crippen molar-refractivity contribution in [3.8, 4) is 0 Å². The zero-order valence-corrected chi connectivity index (χ0v) is 9.46. The summed E-state index contributed by atoms with van der Waals surface area (Å²) >= 11 is 0. The summed E-state index contributed by atoms with van der Waals surface area (Å²) in [6, 6.07) is 3.71. The second-order valence-electron chi connectivity index (χ2n) is 4.06. The number of hydrogen-bond donors (Lipinski definition) is 1. The molecular weight excluding hydrogens is 206 g/mol. The molecule has 1 aliphatic rings. The van der Waals surface area contributed by atoms with Gasteiger partial charge in [0.15, 0.2) is 0 Å². The maximum Gasteiger partial charge on any atom is 0.270 e. The molecule has 1 saturated heterocycles. The highest BCUT2D eigenvalue weighted by atomic mass is 16.3. The molecule has 5 heteroatoms. The third-order valence-electron chi connectivity index (χ3n) is 3.02. The summed E-state index contributed by atoms with van der Waals surface area (Å²) in [6.07, 6.45) is 1.87. The third kappa shape index (κ3) is 2.10. The van der Waals surface area contributed by atoms with Gasteiger partial charge in [0.1, 0.15) is 5.69 Å². The Hall–Kier alpha value is -1.33. The van der Waals surface area contributed by atoms with Crippen LogP contribution in [0.4, 0.5) is 0 Å². The van der Waals surface area contributed by atoms with Crippen LogP contribution in [-0.2, 0) is 7.05 Å². The Labute approximate surface area is 94.9 Å². The lowest BCUT2D eigenvalue weighted by Crippen LogP contribution is -2.49. The van der Waals surface area contributed by atoms with Crippen LogP contribution in [0, 0.1) is 0 Å². The number of aliphatic hydroxyl groups excluding tert-OH is 1. The van der Waals surface area contributed by atoms with E-state index in [0.29, 0.717) is 13.1 Å². The molecule has 0 unspecified atom stereocenters. The Morgan fingerprint density at radius 1 is 1.38 bits per heavy atom. The first-order chi connectivity index (χ1) is 7.72. The lowest BCUT2D eigenvalue weighted by atomic mass is 10.3. The molecule has 5 nitrogen and oxygen atoms in total. The number of aryl methyl sites for hydroxylation is 1. The largest absolute Gasteiger partial charge is 0.381 e. The fraction of sp³-hybridized carbons (Fsp3) is 0.545. The molecule has 0 radical (unpaired) electrons. The Morgan fingerprint density at radius 2 is 2.06 bits per heavy atom. The van der Waals surface area contributed by atoms with Crippen LogP contribution in [0.5, 0.6) is 0 Å². The van der Waals surface area contributed by atoms with E-state index in [9.17, 15) is 4.79 Å². The molecule has 1 aromatic heterocycles. The summed E-state index contributed by atoms with van der Waals surface area (Å²) in [4.78, 5) is 15.9. The second kappa shape index (κ2) is 4.67. The SMILES string of the molecule is Cn1cccc1C(=O)N1CCN(CO)CC1. The van der Waals surface area contributed by atoms with Crippen LogP contribution in [-0.4, -0.2) is 58.3 Å².